The van der Waals surface area contributed by atoms with Gasteiger partial charge in [-0.3, -0.25) is 0 Å². The summed E-state index contributed by atoms with van der Waals surface area (Å²) < 4.78 is 32.8. The van der Waals surface area contributed by atoms with Gasteiger partial charge in [-0.25, -0.2) is 13.2 Å². The predicted molar refractivity (Wildman–Crippen MR) is 60.4 cm³/mol. The summed E-state index contributed by atoms with van der Waals surface area (Å²) in [5, 5.41) is -0.392. The zero-order valence-electron chi connectivity index (χ0n) is 9.46. The van der Waals surface area contributed by atoms with E-state index in [1.807, 2.05) is 0 Å². The molecule has 1 fully saturated rings. The minimum absolute atomic E-state index is 0.146. The van der Waals surface area contributed by atoms with Crippen LogP contribution in [0.1, 0.15) is 29.8 Å². The van der Waals surface area contributed by atoms with Crippen molar-refractivity contribution in [3.8, 4) is 0 Å². The molecule has 0 radical (unpaired) electrons. The summed E-state index contributed by atoms with van der Waals surface area (Å²) in [6.45, 7) is 0. The van der Waals surface area contributed by atoms with Crippen LogP contribution in [0.2, 0.25) is 0 Å². The molecule has 1 aliphatic carbocycles. The molecular formula is C11H14O5S. The quantitative estimate of drug-likeness (QED) is 0.766. The molecule has 0 saturated heterocycles. The van der Waals surface area contributed by atoms with Gasteiger partial charge < -0.3 is 9.15 Å². The van der Waals surface area contributed by atoms with Gasteiger partial charge in [-0.2, -0.15) is 0 Å². The molecule has 0 spiro atoms. The summed E-state index contributed by atoms with van der Waals surface area (Å²) in [6, 6.07) is 3.12. The molecule has 94 valence electrons. The molecule has 0 aromatic carbocycles. The first-order valence-corrected chi connectivity index (χ1v) is 7.35. The van der Waals surface area contributed by atoms with Gasteiger partial charge in [-0.05, 0) is 25.0 Å². The first-order valence-electron chi connectivity index (χ1n) is 5.40. The molecule has 1 aliphatic rings. The van der Waals surface area contributed by atoms with Gasteiger partial charge in [0.2, 0.25) is 5.76 Å². The number of esters is 1. The molecule has 0 amide bonds. The number of furan rings is 1. The first kappa shape index (κ1) is 12.2. The number of ether oxygens (including phenoxy) is 1. The molecule has 5 nitrogen and oxygen atoms in total. The Balaban J connectivity index is 1.93. The number of hydrogen-bond acceptors (Lipinski definition) is 5. The molecule has 2 rings (SSSR count). The second-order valence-corrected chi connectivity index (χ2v) is 6.59. The van der Waals surface area contributed by atoms with Gasteiger partial charge in [0.1, 0.15) is 15.9 Å². The minimum Gasteiger partial charge on any atom is -0.457 e. The van der Waals surface area contributed by atoms with E-state index in [0.717, 1.165) is 0 Å². The topological polar surface area (TPSA) is 73.6 Å². The van der Waals surface area contributed by atoms with Crippen LogP contribution in [0.3, 0.4) is 0 Å². The first-order chi connectivity index (χ1) is 7.97. The van der Waals surface area contributed by atoms with Crippen molar-refractivity contribution in [2.75, 3.05) is 6.26 Å². The van der Waals surface area contributed by atoms with Crippen molar-refractivity contribution in [2.24, 2.45) is 0 Å². The van der Waals surface area contributed by atoms with Gasteiger partial charge in [0.15, 0.2) is 0 Å². The third-order valence-electron chi connectivity index (χ3n) is 2.94. The van der Waals surface area contributed by atoms with Gasteiger partial charge in [0.05, 0.1) is 11.5 Å². The maximum atomic E-state index is 11.6. The Morgan fingerprint density at radius 2 is 2.24 bits per heavy atom. The van der Waals surface area contributed by atoms with Crippen LogP contribution >= 0.6 is 0 Å². The van der Waals surface area contributed by atoms with E-state index >= 15 is 0 Å². The Hall–Kier alpha value is -1.30. The lowest BCUT2D eigenvalue weighted by molar-refractivity contribution is 0.0282. The molecule has 6 heteroatoms. The fourth-order valence-electron chi connectivity index (χ4n) is 2.00. The Morgan fingerprint density at radius 3 is 2.76 bits per heavy atom. The number of carbonyl (C=O) groups is 1. The van der Waals surface area contributed by atoms with E-state index in [2.05, 4.69) is 0 Å². The second kappa shape index (κ2) is 4.52. The number of sulfone groups is 1. The Bertz CT molecular complexity index is 488. The Kier molecular flexibility index (Phi) is 3.24. The highest BCUT2D eigenvalue weighted by molar-refractivity contribution is 7.91. The molecule has 0 bridgehead atoms. The molecule has 0 aliphatic heterocycles. The highest BCUT2D eigenvalue weighted by atomic mass is 32.2. The van der Waals surface area contributed by atoms with E-state index in [1.165, 1.54) is 18.6 Å². The summed E-state index contributed by atoms with van der Waals surface area (Å²) in [7, 11) is -3.04. The zero-order valence-corrected chi connectivity index (χ0v) is 10.3. The molecular weight excluding hydrogens is 244 g/mol. The van der Waals surface area contributed by atoms with Gasteiger partial charge in [0, 0.05) is 12.7 Å². The number of hydrogen-bond donors (Lipinski definition) is 0. The Morgan fingerprint density at radius 1 is 1.47 bits per heavy atom. The van der Waals surface area contributed by atoms with Crippen LogP contribution in [0, 0.1) is 0 Å². The highest BCUT2D eigenvalue weighted by Crippen LogP contribution is 2.27. The van der Waals surface area contributed by atoms with Crippen molar-refractivity contribution in [1.82, 2.24) is 0 Å². The average Bonchev–Trinajstić information content (AvgIpc) is 2.85. The van der Waals surface area contributed by atoms with Crippen molar-refractivity contribution < 1.29 is 22.4 Å². The molecule has 17 heavy (non-hydrogen) atoms. The summed E-state index contributed by atoms with van der Waals surface area (Å²) in [5.41, 5.74) is 0. The third-order valence-corrected chi connectivity index (χ3v) is 4.58. The van der Waals surface area contributed by atoms with Crippen molar-refractivity contribution in [1.29, 1.82) is 0 Å². The van der Waals surface area contributed by atoms with Crippen molar-refractivity contribution in [3.05, 3.63) is 24.2 Å². The predicted octanol–water partition coefficient (Wildman–Crippen LogP) is 1.40. The average molecular weight is 258 g/mol. The third kappa shape index (κ3) is 2.88. The molecule has 0 unspecified atom stereocenters. The normalized spacial score (nSPS) is 24.8. The lowest BCUT2D eigenvalue weighted by atomic mass is 10.3. The van der Waals surface area contributed by atoms with Crippen molar-refractivity contribution in [2.45, 2.75) is 30.6 Å². The fraction of sp³-hybridized carbons (Fsp3) is 0.545. The van der Waals surface area contributed by atoms with Crippen LogP contribution in [0.5, 0.6) is 0 Å². The van der Waals surface area contributed by atoms with Crippen LogP contribution in [-0.2, 0) is 14.6 Å². The van der Waals surface area contributed by atoms with E-state index in [1.54, 1.807) is 6.07 Å². The van der Waals surface area contributed by atoms with Crippen molar-refractivity contribution in [3.63, 3.8) is 0 Å². The van der Waals surface area contributed by atoms with E-state index < -0.39 is 21.1 Å². The maximum Gasteiger partial charge on any atom is 0.374 e. The lowest BCUT2D eigenvalue weighted by Gasteiger charge is -2.10. The van der Waals surface area contributed by atoms with Crippen molar-refractivity contribution >= 4 is 15.8 Å². The SMILES string of the molecule is CS(=O)(=O)[C@H]1CC[C@@H](OC(=O)c2ccco2)C1. The summed E-state index contributed by atoms with van der Waals surface area (Å²) in [5.74, 6) is -0.387. The van der Waals surface area contributed by atoms with E-state index in [9.17, 15) is 13.2 Å². The van der Waals surface area contributed by atoms with Crippen LogP contribution in [0.4, 0.5) is 0 Å². The van der Waals surface area contributed by atoms with Gasteiger partial charge in [0.25, 0.3) is 0 Å². The zero-order chi connectivity index (χ0) is 12.5. The standard InChI is InChI=1S/C11H14O5S/c1-17(13,14)9-5-4-8(7-9)16-11(12)10-3-2-6-15-10/h2-3,6,8-9H,4-5,7H2,1H3/t8-,9+/m1/s1. The lowest BCUT2D eigenvalue weighted by Crippen LogP contribution is -2.20. The molecule has 1 aromatic heterocycles. The number of rotatable bonds is 3. The summed E-state index contributed by atoms with van der Waals surface area (Å²) >= 11 is 0. The molecule has 0 N–H and O–H groups in total. The van der Waals surface area contributed by atoms with Gasteiger partial charge >= 0.3 is 5.97 Å². The highest BCUT2D eigenvalue weighted by Gasteiger charge is 2.34. The fourth-order valence-corrected chi connectivity index (χ4v) is 3.13. The van der Waals surface area contributed by atoms with E-state index in [0.29, 0.717) is 19.3 Å². The van der Waals surface area contributed by atoms with Crippen LogP contribution < -0.4 is 0 Å². The van der Waals surface area contributed by atoms with Crippen LogP contribution in [0.25, 0.3) is 0 Å². The largest absolute Gasteiger partial charge is 0.457 e. The smallest absolute Gasteiger partial charge is 0.374 e. The van der Waals surface area contributed by atoms with Gasteiger partial charge in [-0.15, -0.1) is 0 Å². The Labute approximate surface area is 99.7 Å². The monoisotopic (exact) mass is 258 g/mol. The summed E-state index contributed by atoms with van der Waals surface area (Å²) in [6.07, 6.45) is 3.80. The van der Waals surface area contributed by atoms with E-state index in [-0.39, 0.29) is 11.9 Å². The van der Waals surface area contributed by atoms with Gasteiger partial charge in [-0.1, -0.05) is 0 Å². The molecule has 2 atom stereocenters. The summed E-state index contributed by atoms with van der Waals surface area (Å²) in [4.78, 5) is 11.6. The van der Waals surface area contributed by atoms with Crippen LogP contribution in [0.15, 0.2) is 22.8 Å². The molecule has 1 saturated carbocycles. The minimum atomic E-state index is -3.04. The number of carbonyl (C=O) groups excluding carboxylic acids is 1. The maximum absolute atomic E-state index is 11.6. The van der Waals surface area contributed by atoms with E-state index in [4.69, 9.17) is 9.15 Å². The second-order valence-electron chi connectivity index (χ2n) is 4.27. The molecule has 1 heterocycles. The molecule has 1 aromatic rings. The van der Waals surface area contributed by atoms with Crippen LogP contribution in [-0.4, -0.2) is 32.0 Å².